The number of nitro groups is 1. The number of thiophene rings is 1. The Kier molecular flexibility index (Phi) is 6.30. The lowest BCUT2D eigenvalue weighted by Gasteiger charge is -2.11. The van der Waals surface area contributed by atoms with E-state index in [2.05, 4.69) is 22.9 Å². The molecule has 1 N–H and O–H groups in total. The number of nitrogens with one attached hydrogen (secondary N) is 1. The van der Waals surface area contributed by atoms with Gasteiger partial charge in [-0.3, -0.25) is 10.1 Å². The molecule has 0 radical (unpaired) electrons. The standard InChI is InChI=1S/C21H15ClN2O2S3/c22-16-8-9-20(27-13-14-4-3-6-17(10-14)24(25)26)18(12-16)23-29-21-11-15-5-1-2-7-19(15)28-21/h1-12,23H,13H2. The number of fused-ring (bicyclic) bond motifs is 1. The summed E-state index contributed by atoms with van der Waals surface area (Å²) in [6.07, 6.45) is 0. The van der Waals surface area contributed by atoms with E-state index >= 15 is 0 Å². The highest BCUT2D eigenvalue weighted by Crippen LogP contribution is 2.38. The molecule has 4 nitrogen and oxygen atoms in total. The lowest BCUT2D eigenvalue weighted by atomic mass is 10.2. The molecular weight excluding hydrogens is 444 g/mol. The number of halogens is 1. The summed E-state index contributed by atoms with van der Waals surface area (Å²) in [4.78, 5) is 11.6. The predicted molar refractivity (Wildman–Crippen MR) is 125 cm³/mol. The van der Waals surface area contributed by atoms with Crippen LogP contribution in [0.15, 0.2) is 81.9 Å². The number of thioether (sulfide) groups is 1. The van der Waals surface area contributed by atoms with Gasteiger partial charge in [-0.2, -0.15) is 0 Å². The first kappa shape index (κ1) is 20.1. The average molecular weight is 459 g/mol. The zero-order chi connectivity index (χ0) is 20.2. The van der Waals surface area contributed by atoms with Gasteiger partial charge in [0.1, 0.15) is 0 Å². The highest BCUT2D eigenvalue weighted by atomic mass is 35.5. The van der Waals surface area contributed by atoms with E-state index in [0.29, 0.717) is 10.8 Å². The van der Waals surface area contributed by atoms with Gasteiger partial charge in [0.15, 0.2) is 0 Å². The largest absolute Gasteiger partial charge is 0.324 e. The van der Waals surface area contributed by atoms with E-state index in [1.165, 1.54) is 20.4 Å². The lowest BCUT2D eigenvalue weighted by molar-refractivity contribution is -0.384. The molecule has 0 saturated carbocycles. The molecular formula is C21H15ClN2O2S3. The monoisotopic (exact) mass is 458 g/mol. The Bertz CT molecular complexity index is 1150. The average Bonchev–Trinajstić information content (AvgIpc) is 3.15. The summed E-state index contributed by atoms with van der Waals surface area (Å²) in [5, 5.41) is 12.9. The van der Waals surface area contributed by atoms with Gasteiger partial charge in [-0.1, -0.05) is 41.9 Å². The van der Waals surface area contributed by atoms with Crippen molar-refractivity contribution >= 4 is 68.1 Å². The molecule has 0 spiro atoms. The van der Waals surface area contributed by atoms with Crippen molar-refractivity contribution in [3.8, 4) is 0 Å². The number of nitrogens with zero attached hydrogens (tertiary/aromatic N) is 1. The van der Waals surface area contributed by atoms with Crippen molar-refractivity contribution in [3.63, 3.8) is 0 Å². The van der Waals surface area contributed by atoms with Crippen molar-refractivity contribution in [2.45, 2.75) is 14.9 Å². The Labute approximate surface area is 185 Å². The van der Waals surface area contributed by atoms with E-state index < -0.39 is 0 Å². The second kappa shape index (κ2) is 9.09. The molecule has 1 heterocycles. The molecule has 29 heavy (non-hydrogen) atoms. The quantitative estimate of drug-likeness (QED) is 0.132. The van der Waals surface area contributed by atoms with Gasteiger partial charge in [0, 0.05) is 32.5 Å². The maximum absolute atomic E-state index is 11.0. The molecule has 4 rings (SSSR count). The fourth-order valence-electron chi connectivity index (χ4n) is 2.74. The summed E-state index contributed by atoms with van der Waals surface area (Å²) in [7, 11) is 0. The Morgan fingerprint density at radius 3 is 2.72 bits per heavy atom. The number of rotatable bonds is 7. The highest BCUT2D eigenvalue weighted by molar-refractivity contribution is 8.02. The van der Waals surface area contributed by atoms with Gasteiger partial charge in [0.2, 0.25) is 0 Å². The summed E-state index contributed by atoms with van der Waals surface area (Å²) in [6.45, 7) is 0. The zero-order valence-electron chi connectivity index (χ0n) is 15.0. The summed E-state index contributed by atoms with van der Waals surface area (Å²) < 4.78 is 5.83. The van der Waals surface area contributed by atoms with E-state index in [9.17, 15) is 10.1 Å². The molecule has 1 aromatic heterocycles. The molecule has 0 unspecified atom stereocenters. The van der Waals surface area contributed by atoms with Gasteiger partial charge < -0.3 is 4.72 Å². The smallest absolute Gasteiger partial charge is 0.269 e. The minimum Gasteiger partial charge on any atom is -0.324 e. The van der Waals surface area contributed by atoms with Crippen LogP contribution in [-0.4, -0.2) is 4.92 Å². The summed E-state index contributed by atoms with van der Waals surface area (Å²) in [5.74, 6) is 0.631. The second-order valence-corrected chi connectivity index (χ2v) is 9.81. The molecule has 0 amide bonds. The topological polar surface area (TPSA) is 55.2 Å². The number of non-ortho nitro benzene ring substituents is 1. The van der Waals surface area contributed by atoms with Gasteiger partial charge >= 0.3 is 0 Å². The van der Waals surface area contributed by atoms with Crippen molar-refractivity contribution in [3.05, 3.63) is 93.5 Å². The van der Waals surface area contributed by atoms with Crippen LogP contribution in [0.3, 0.4) is 0 Å². The SMILES string of the molecule is O=[N+]([O-])c1cccc(CSc2ccc(Cl)cc2NSc2cc3ccccc3s2)c1. The van der Waals surface area contributed by atoms with Crippen molar-refractivity contribution in [2.24, 2.45) is 0 Å². The Morgan fingerprint density at radius 1 is 1.03 bits per heavy atom. The van der Waals surface area contributed by atoms with Crippen LogP contribution >= 0.6 is 46.6 Å². The van der Waals surface area contributed by atoms with Gasteiger partial charge in [-0.15, -0.1) is 23.1 Å². The van der Waals surface area contributed by atoms with Crippen molar-refractivity contribution < 1.29 is 4.92 Å². The fraction of sp³-hybridized carbons (Fsp3) is 0.0476. The molecule has 0 bridgehead atoms. The minimum absolute atomic E-state index is 0.109. The van der Waals surface area contributed by atoms with Crippen LogP contribution in [0.2, 0.25) is 5.02 Å². The number of nitro benzene ring substituents is 1. The second-order valence-electron chi connectivity index (χ2n) is 6.16. The lowest BCUT2D eigenvalue weighted by Crippen LogP contribution is -1.91. The third kappa shape index (κ3) is 5.05. The molecule has 0 atom stereocenters. The molecule has 0 saturated heterocycles. The molecule has 0 aliphatic carbocycles. The number of benzene rings is 3. The van der Waals surface area contributed by atoms with Crippen LogP contribution in [-0.2, 0) is 5.75 Å². The third-order valence-electron chi connectivity index (χ3n) is 4.12. The minimum atomic E-state index is -0.370. The van der Waals surface area contributed by atoms with E-state index in [1.807, 2.05) is 36.4 Å². The number of hydrogen-bond acceptors (Lipinski definition) is 6. The molecule has 0 fully saturated rings. The third-order valence-corrected chi connectivity index (χ3v) is 7.55. The Morgan fingerprint density at radius 2 is 1.90 bits per heavy atom. The van der Waals surface area contributed by atoms with E-state index in [-0.39, 0.29) is 10.6 Å². The van der Waals surface area contributed by atoms with Crippen LogP contribution in [0.25, 0.3) is 10.1 Å². The van der Waals surface area contributed by atoms with Crippen LogP contribution in [0.4, 0.5) is 11.4 Å². The molecule has 146 valence electrons. The maximum atomic E-state index is 11.0. The first-order valence-corrected chi connectivity index (χ1v) is 11.7. The molecule has 4 aromatic rings. The van der Waals surface area contributed by atoms with Crippen LogP contribution in [0, 0.1) is 10.1 Å². The fourth-order valence-corrected chi connectivity index (χ4v) is 5.83. The van der Waals surface area contributed by atoms with E-state index in [0.717, 1.165) is 16.1 Å². The first-order chi connectivity index (χ1) is 14.1. The summed E-state index contributed by atoms with van der Waals surface area (Å²) in [5.41, 5.74) is 1.94. The maximum Gasteiger partial charge on any atom is 0.269 e. The molecule has 0 aliphatic heterocycles. The van der Waals surface area contributed by atoms with Gasteiger partial charge in [-0.05, 0) is 53.2 Å². The van der Waals surface area contributed by atoms with Gasteiger partial charge in [0.05, 0.1) is 14.8 Å². The van der Waals surface area contributed by atoms with Crippen molar-refractivity contribution in [2.75, 3.05) is 4.72 Å². The number of anilines is 1. The van der Waals surface area contributed by atoms with Crippen molar-refractivity contribution in [1.82, 2.24) is 0 Å². The van der Waals surface area contributed by atoms with Crippen LogP contribution in [0.5, 0.6) is 0 Å². The molecule has 0 aliphatic rings. The van der Waals surface area contributed by atoms with Crippen molar-refractivity contribution in [1.29, 1.82) is 0 Å². The van der Waals surface area contributed by atoms with Gasteiger partial charge in [-0.25, -0.2) is 0 Å². The van der Waals surface area contributed by atoms with E-state index in [4.69, 9.17) is 11.6 Å². The first-order valence-electron chi connectivity index (χ1n) is 8.65. The zero-order valence-corrected chi connectivity index (χ0v) is 18.2. The highest BCUT2D eigenvalue weighted by Gasteiger charge is 2.10. The Hall–Kier alpha value is -2.19. The number of hydrogen-bond donors (Lipinski definition) is 1. The van der Waals surface area contributed by atoms with E-state index in [1.54, 1.807) is 47.2 Å². The normalized spacial score (nSPS) is 10.9. The summed E-state index contributed by atoms with van der Waals surface area (Å²) >= 11 is 11.1. The Balaban J connectivity index is 1.48. The molecule has 8 heteroatoms. The predicted octanol–water partition coefficient (Wildman–Crippen LogP) is 7.87. The van der Waals surface area contributed by atoms with Gasteiger partial charge in [0.25, 0.3) is 5.69 Å². The molecule has 3 aromatic carbocycles. The van der Waals surface area contributed by atoms with Crippen LogP contribution in [0.1, 0.15) is 5.56 Å². The summed E-state index contributed by atoms with van der Waals surface area (Å²) in [6, 6.07) is 22.9. The van der Waals surface area contributed by atoms with Crippen LogP contribution < -0.4 is 4.72 Å².